The molecule has 24 heavy (non-hydrogen) atoms. The van der Waals surface area contributed by atoms with Crippen molar-refractivity contribution >= 4 is 5.91 Å². The summed E-state index contributed by atoms with van der Waals surface area (Å²) in [5, 5.41) is 13.6. The van der Waals surface area contributed by atoms with Crippen molar-refractivity contribution in [3.63, 3.8) is 0 Å². The Morgan fingerprint density at radius 1 is 1.21 bits per heavy atom. The lowest BCUT2D eigenvalue weighted by molar-refractivity contribution is -0.126. The monoisotopic (exact) mass is 340 g/mol. The number of carbonyl (C=O) groups excluding carboxylic acids is 1. The molecule has 1 rings (SSSR count). The molecule has 1 saturated carbocycles. The summed E-state index contributed by atoms with van der Waals surface area (Å²) in [5.41, 5.74) is 6.27. The molecule has 4 N–H and O–H groups in total. The summed E-state index contributed by atoms with van der Waals surface area (Å²) >= 11 is 0. The van der Waals surface area contributed by atoms with Crippen LogP contribution in [0, 0.1) is 17.8 Å². The van der Waals surface area contributed by atoms with Gasteiger partial charge in [-0.2, -0.15) is 0 Å². The van der Waals surface area contributed by atoms with Gasteiger partial charge in [-0.1, -0.05) is 59.3 Å². The van der Waals surface area contributed by atoms with Crippen molar-refractivity contribution in [1.82, 2.24) is 5.32 Å². The number of rotatable bonds is 11. The zero-order valence-electron chi connectivity index (χ0n) is 16.1. The van der Waals surface area contributed by atoms with Crippen LogP contribution in [0.2, 0.25) is 0 Å². The largest absolute Gasteiger partial charge is 0.391 e. The van der Waals surface area contributed by atoms with Crippen molar-refractivity contribution in [2.75, 3.05) is 6.54 Å². The van der Waals surface area contributed by atoms with Gasteiger partial charge in [-0.15, -0.1) is 0 Å². The molecule has 0 heterocycles. The van der Waals surface area contributed by atoms with Crippen LogP contribution in [-0.2, 0) is 4.79 Å². The molecule has 4 nitrogen and oxygen atoms in total. The SMILES string of the molecule is CCCCNC(=O)[C@@H](CC(C)C)C[C@H](O)[C@@H](N)CC1CCCCC1. The highest BCUT2D eigenvalue weighted by Gasteiger charge is 2.27. The first-order valence-corrected chi connectivity index (χ1v) is 10.1. The zero-order chi connectivity index (χ0) is 17.9. The normalized spacial score (nSPS) is 19.9. The fourth-order valence-corrected chi connectivity index (χ4v) is 3.84. The minimum Gasteiger partial charge on any atom is -0.391 e. The molecular weight excluding hydrogens is 300 g/mol. The van der Waals surface area contributed by atoms with Gasteiger partial charge in [0.1, 0.15) is 0 Å². The molecule has 0 aliphatic heterocycles. The molecule has 0 saturated heterocycles. The predicted octanol–water partition coefficient (Wildman–Crippen LogP) is 3.61. The minimum atomic E-state index is -0.576. The molecule has 0 radical (unpaired) electrons. The van der Waals surface area contributed by atoms with E-state index in [2.05, 4.69) is 26.1 Å². The fraction of sp³-hybridized carbons (Fsp3) is 0.950. The lowest BCUT2D eigenvalue weighted by Gasteiger charge is -2.29. The van der Waals surface area contributed by atoms with Crippen LogP contribution in [0.15, 0.2) is 0 Å². The third-order valence-electron chi connectivity index (χ3n) is 5.31. The first-order chi connectivity index (χ1) is 11.4. The maximum Gasteiger partial charge on any atom is 0.223 e. The first kappa shape index (κ1) is 21.4. The van der Waals surface area contributed by atoms with Crippen molar-refractivity contribution in [2.24, 2.45) is 23.5 Å². The number of hydrogen-bond acceptors (Lipinski definition) is 3. The summed E-state index contributed by atoms with van der Waals surface area (Å²) in [4.78, 5) is 12.4. The lowest BCUT2D eigenvalue weighted by Crippen LogP contribution is -2.41. The van der Waals surface area contributed by atoms with Crippen LogP contribution in [0.3, 0.4) is 0 Å². The first-order valence-electron chi connectivity index (χ1n) is 10.1. The van der Waals surface area contributed by atoms with Crippen LogP contribution >= 0.6 is 0 Å². The van der Waals surface area contributed by atoms with E-state index in [9.17, 15) is 9.90 Å². The number of nitrogens with one attached hydrogen (secondary N) is 1. The van der Waals surface area contributed by atoms with Crippen LogP contribution < -0.4 is 11.1 Å². The molecule has 4 heteroatoms. The highest BCUT2D eigenvalue weighted by atomic mass is 16.3. The van der Waals surface area contributed by atoms with Crippen LogP contribution in [-0.4, -0.2) is 29.7 Å². The van der Waals surface area contributed by atoms with Crippen molar-refractivity contribution in [2.45, 2.75) is 97.1 Å². The highest BCUT2D eigenvalue weighted by Crippen LogP contribution is 2.28. The molecule has 1 fully saturated rings. The van der Waals surface area contributed by atoms with E-state index >= 15 is 0 Å². The number of amides is 1. The van der Waals surface area contributed by atoms with Crippen LogP contribution in [0.4, 0.5) is 0 Å². The third kappa shape index (κ3) is 8.48. The van der Waals surface area contributed by atoms with Crippen LogP contribution in [0.1, 0.15) is 85.0 Å². The van der Waals surface area contributed by atoms with Crippen molar-refractivity contribution in [3.05, 3.63) is 0 Å². The van der Waals surface area contributed by atoms with Gasteiger partial charge in [-0.3, -0.25) is 4.79 Å². The Morgan fingerprint density at radius 2 is 1.88 bits per heavy atom. The predicted molar refractivity (Wildman–Crippen MR) is 101 cm³/mol. The average Bonchev–Trinajstić information content (AvgIpc) is 2.54. The van der Waals surface area contributed by atoms with Gasteiger partial charge in [0.25, 0.3) is 0 Å². The smallest absolute Gasteiger partial charge is 0.223 e. The molecule has 0 aromatic carbocycles. The number of carbonyl (C=O) groups is 1. The number of unbranched alkanes of at least 4 members (excludes halogenated alkanes) is 1. The van der Waals surface area contributed by atoms with Gasteiger partial charge in [-0.05, 0) is 37.5 Å². The Labute approximate surface area is 149 Å². The van der Waals surface area contributed by atoms with Gasteiger partial charge < -0.3 is 16.2 Å². The molecule has 0 aromatic heterocycles. The van der Waals surface area contributed by atoms with Gasteiger partial charge in [0, 0.05) is 18.5 Å². The Hall–Kier alpha value is -0.610. The lowest BCUT2D eigenvalue weighted by atomic mass is 9.82. The quantitative estimate of drug-likeness (QED) is 0.503. The standard InChI is InChI=1S/C20H40N2O2/c1-4-5-11-22-20(24)17(12-15(2)3)14-19(23)18(21)13-16-9-7-6-8-10-16/h15-19,23H,4-14,21H2,1-3H3,(H,22,24)/t17-,18-,19-/m0/s1. The summed E-state index contributed by atoms with van der Waals surface area (Å²) in [7, 11) is 0. The van der Waals surface area contributed by atoms with E-state index < -0.39 is 6.10 Å². The molecule has 3 atom stereocenters. The second kappa shape index (κ2) is 11.9. The van der Waals surface area contributed by atoms with E-state index in [4.69, 9.17) is 5.73 Å². The van der Waals surface area contributed by atoms with E-state index in [-0.39, 0.29) is 17.9 Å². The van der Waals surface area contributed by atoms with Gasteiger partial charge in [0.2, 0.25) is 5.91 Å². The molecule has 0 aromatic rings. The van der Waals surface area contributed by atoms with Gasteiger partial charge in [-0.25, -0.2) is 0 Å². The maximum absolute atomic E-state index is 12.4. The molecule has 0 bridgehead atoms. The van der Waals surface area contributed by atoms with E-state index in [1.54, 1.807) is 0 Å². The molecule has 0 unspecified atom stereocenters. The topological polar surface area (TPSA) is 75.3 Å². The van der Waals surface area contributed by atoms with E-state index in [1.807, 2.05) is 0 Å². The third-order valence-corrected chi connectivity index (χ3v) is 5.31. The van der Waals surface area contributed by atoms with Gasteiger partial charge in [0.15, 0.2) is 0 Å². The van der Waals surface area contributed by atoms with Crippen molar-refractivity contribution in [3.8, 4) is 0 Å². The summed E-state index contributed by atoms with van der Waals surface area (Å²) < 4.78 is 0. The summed E-state index contributed by atoms with van der Waals surface area (Å²) in [6.07, 6.45) is 10.1. The molecular formula is C20H40N2O2. The fourth-order valence-electron chi connectivity index (χ4n) is 3.84. The Balaban J connectivity index is 2.48. The summed E-state index contributed by atoms with van der Waals surface area (Å²) in [6.45, 7) is 7.10. The van der Waals surface area contributed by atoms with Crippen molar-refractivity contribution < 1.29 is 9.90 Å². The molecule has 142 valence electrons. The number of hydrogen-bond donors (Lipinski definition) is 3. The highest BCUT2D eigenvalue weighted by molar-refractivity contribution is 5.78. The van der Waals surface area contributed by atoms with Crippen LogP contribution in [0.25, 0.3) is 0 Å². The average molecular weight is 341 g/mol. The second-order valence-electron chi connectivity index (χ2n) is 8.18. The van der Waals surface area contributed by atoms with E-state index in [1.165, 1.54) is 32.1 Å². The molecule has 1 aliphatic carbocycles. The summed E-state index contributed by atoms with van der Waals surface area (Å²) in [6, 6.07) is -0.203. The van der Waals surface area contributed by atoms with Gasteiger partial charge in [0.05, 0.1) is 6.10 Å². The molecule has 1 amide bonds. The summed E-state index contributed by atoms with van der Waals surface area (Å²) in [5.74, 6) is 1.05. The Kier molecular flexibility index (Phi) is 10.6. The Morgan fingerprint density at radius 3 is 2.46 bits per heavy atom. The number of aliphatic hydroxyl groups is 1. The molecule has 1 aliphatic rings. The van der Waals surface area contributed by atoms with Crippen molar-refractivity contribution in [1.29, 1.82) is 0 Å². The van der Waals surface area contributed by atoms with Gasteiger partial charge >= 0.3 is 0 Å². The van der Waals surface area contributed by atoms with E-state index in [0.717, 1.165) is 32.2 Å². The van der Waals surface area contributed by atoms with E-state index in [0.29, 0.717) is 18.3 Å². The second-order valence-corrected chi connectivity index (χ2v) is 8.18. The number of aliphatic hydroxyl groups excluding tert-OH is 1. The Bertz CT molecular complexity index is 341. The maximum atomic E-state index is 12.4. The zero-order valence-corrected chi connectivity index (χ0v) is 16.1. The minimum absolute atomic E-state index is 0.0843. The number of nitrogens with two attached hydrogens (primary N) is 1. The molecule has 0 spiro atoms. The van der Waals surface area contributed by atoms with Crippen LogP contribution in [0.5, 0.6) is 0 Å².